The number of ether oxygens (including phenoxy) is 3. The monoisotopic (exact) mass is 402 g/mol. The van der Waals surface area contributed by atoms with Gasteiger partial charge in [0.2, 0.25) is 5.75 Å². The van der Waals surface area contributed by atoms with E-state index in [1.54, 1.807) is 28.8 Å². The maximum absolute atomic E-state index is 12.7. The molecule has 0 bridgehead atoms. The highest BCUT2D eigenvalue weighted by Gasteiger charge is 2.18. The Morgan fingerprint density at radius 2 is 1.68 bits per heavy atom. The lowest BCUT2D eigenvalue weighted by Gasteiger charge is -2.14. The minimum Gasteiger partial charge on any atom is -0.493 e. The fourth-order valence-corrected chi connectivity index (χ4v) is 4.07. The van der Waals surface area contributed by atoms with E-state index in [1.165, 1.54) is 21.3 Å². The highest BCUT2D eigenvalue weighted by Crippen LogP contribution is 2.38. The van der Waals surface area contributed by atoms with E-state index in [-0.39, 0.29) is 16.8 Å². The van der Waals surface area contributed by atoms with Gasteiger partial charge in [0.1, 0.15) is 0 Å². The number of aromatic nitrogens is 1. The third-order valence-electron chi connectivity index (χ3n) is 4.31. The van der Waals surface area contributed by atoms with Crippen molar-refractivity contribution in [2.75, 3.05) is 26.6 Å². The van der Waals surface area contributed by atoms with Gasteiger partial charge >= 0.3 is 4.87 Å². The molecule has 0 fully saturated rings. The molecule has 1 amide bonds. The van der Waals surface area contributed by atoms with Crippen LogP contribution in [0.2, 0.25) is 0 Å². The Kier molecular flexibility index (Phi) is 5.60. The summed E-state index contributed by atoms with van der Waals surface area (Å²) < 4.78 is 18.4. The number of hydrogen-bond acceptors (Lipinski definition) is 6. The second-order valence-corrected chi connectivity index (χ2v) is 7.38. The van der Waals surface area contributed by atoms with Crippen molar-refractivity contribution in [3.63, 3.8) is 0 Å². The number of benzene rings is 2. The molecule has 1 aromatic heterocycles. The number of fused-ring (bicyclic) bond motifs is 1. The van der Waals surface area contributed by atoms with Gasteiger partial charge in [-0.05, 0) is 44.2 Å². The Morgan fingerprint density at radius 3 is 2.21 bits per heavy atom. The number of nitrogens with zero attached hydrogens (tertiary/aromatic N) is 1. The quantitative estimate of drug-likeness (QED) is 0.676. The number of thiazole rings is 1. The van der Waals surface area contributed by atoms with Crippen molar-refractivity contribution in [3.05, 3.63) is 45.6 Å². The van der Waals surface area contributed by atoms with Gasteiger partial charge in [0.15, 0.2) is 11.5 Å². The van der Waals surface area contributed by atoms with Crippen LogP contribution in [-0.2, 0) is 0 Å². The zero-order valence-electron chi connectivity index (χ0n) is 16.4. The molecule has 0 atom stereocenters. The van der Waals surface area contributed by atoms with Gasteiger partial charge in [0, 0.05) is 17.3 Å². The van der Waals surface area contributed by atoms with Crippen molar-refractivity contribution < 1.29 is 19.0 Å². The fourth-order valence-electron chi connectivity index (χ4n) is 3.02. The maximum Gasteiger partial charge on any atom is 0.308 e. The van der Waals surface area contributed by atoms with E-state index < -0.39 is 0 Å². The summed E-state index contributed by atoms with van der Waals surface area (Å²) in [5.41, 5.74) is 1.82. The van der Waals surface area contributed by atoms with E-state index in [4.69, 9.17) is 14.2 Å². The summed E-state index contributed by atoms with van der Waals surface area (Å²) in [6.45, 7) is 3.93. The summed E-state index contributed by atoms with van der Waals surface area (Å²) in [5.74, 6) is 0.890. The molecule has 0 aliphatic carbocycles. The average Bonchev–Trinajstić information content (AvgIpc) is 3.01. The second-order valence-electron chi connectivity index (χ2n) is 6.38. The molecule has 2 aromatic carbocycles. The van der Waals surface area contributed by atoms with Crippen LogP contribution in [0.1, 0.15) is 30.2 Å². The smallest absolute Gasteiger partial charge is 0.308 e. The van der Waals surface area contributed by atoms with Crippen molar-refractivity contribution in [1.82, 2.24) is 4.57 Å². The lowest BCUT2D eigenvalue weighted by molar-refractivity contribution is 0.102. The molecule has 148 valence electrons. The first-order chi connectivity index (χ1) is 13.4. The van der Waals surface area contributed by atoms with Crippen LogP contribution in [-0.4, -0.2) is 31.8 Å². The van der Waals surface area contributed by atoms with Crippen LogP contribution in [0, 0.1) is 0 Å². The minimum absolute atomic E-state index is 0.0156. The van der Waals surface area contributed by atoms with Crippen molar-refractivity contribution >= 4 is 33.1 Å². The van der Waals surface area contributed by atoms with Crippen LogP contribution < -0.4 is 24.4 Å². The van der Waals surface area contributed by atoms with Crippen molar-refractivity contribution in [3.8, 4) is 17.2 Å². The number of anilines is 1. The van der Waals surface area contributed by atoms with E-state index in [9.17, 15) is 9.59 Å². The summed E-state index contributed by atoms with van der Waals surface area (Å²) in [6.07, 6.45) is 0. The standard InChI is InChI=1S/C20H22N2O5S/c1-11(2)22-14-7-6-13(10-17(14)28-20(22)24)21-19(23)12-8-15(25-3)18(27-5)16(9-12)26-4/h6-11H,1-5H3,(H,21,23). The zero-order valence-corrected chi connectivity index (χ0v) is 17.2. The SMILES string of the molecule is COc1cc(C(=O)Nc2ccc3c(c2)sc(=O)n3C(C)C)cc(OC)c1OC. The third-order valence-corrected chi connectivity index (χ3v) is 5.23. The van der Waals surface area contributed by atoms with Crippen LogP contribution in [0.5, 0.6) is 17.2 Å². The summed E-state index contributed by atoms with van der Waals surface area (Å²) in [6, 6.07) is 8.67. The number of carbonyl (C=O) groups is 1. The Labute approximate surface area is 166 Å². The van der Waals surface area contributed by atoms with Crippen molar-refractivity contribution in [2.24, 2.45) is 0 Å². The summed E-state index contributed by atoms with van der Waals surface area (Å²) >= 11 is 1.16. The molecular weight excluding hydrogens is 380 g/mol. The lowest BCUT2D eigenvalue weighted by Crippen LogP contribution is -2.14. The normalized spacial score (nSPS) is 10.9. The first kappa shape index (κ1) is 19.8. The first-order valence-corrected chi connectivity index (χ1v) is 9.47. The van der Waals surface area contributed by atoms with Crippen LogP contribution in [0.25, 0.3) is 10.2 Å². The Hall–Kier alpha value is -3.00. The molecule has 0 saturated heterocycles. The summed E-state index contributed by atoms with van der Waals surface area (Å²) in [5, 5.41) is 2.85. The zero-order chi connectivity index (χ0) is 20.4. The molecule has 28 heavy (non-hydrogen) atoms. The molecule has 0 spiro atoms. The van der Waals surface area contributed by atoms with Gasteiger partial charge in [-0.2, -0.15) is 0 Å². The molecule has 0 radical (unpaired) electrons. The number of carbonyl (C=O) groups excluding carboxylic acids is 1. The van der Waals surface area contributed by atoms with Gasteiger partial charge in [-0.1, -0.05) is 11.3 Å². The largest absolute Gasteiger partial charge is 0.493 e. The molecule has 0 aliphatic rings. The molecule has 1 heterocycles. The third kappa shape index (κ3) is 3.55. The maximum atomic E-state index is 12.7. The van der Waals surface area contributed by atoms with E-state index in [1.807, 2.05) is 19.9 Å². The number of rotatable bonds is 6. The highest BCUT2D eigenvalue weighted by molar-refractivity contribution is 7.16. The number of hydrogen-bond donors (Lipinski definition) is 1. The molecule has 8 heteroatoms. The molecule has 3 aromatic rings. The van der Waals surface area contributed by atoms with Crippen LogP contribution in [0.3, 0.4) is 0 Å². The number of nitrogens with one attached hydrogen (secondary N) is 1. The van der Waals surface area contributed by atoms with E-state index in [0.29, 0.717) is 28.5 Å². The Bertz CT molecular complexity index is 1060. The van der Waals surface area contributed by atoms with E-state index in [2.05, 4.69) is 5.32 Å². The molecule has 7 nitrogen and oxygen atoms in total. The highest BCUT2D eigenvalue weighted by atomic mass is 32.1. The molecule has 3 rings (SSSR count). The minimum atomic E-state index is -0.325. The number of methoxy groups -OCH3 is 3. The van der Waals surface area contributed by atoms with Crippen LogP contribution >= 0.6 is 11.3 Å². The van der Waals surface area contributed by atoms with E-state index >= 15 is 0 Å². The Morgan fingerprint density at radius 1 is 1.04 bits per heavy atom. The molecule has 1 N–H and O–H groups in total. The average molecular weight is 402 g/mol. The topological polar surface area (TPSA) is 78.8 Å². The van der Waals surface area contributed by atoms with Crippen molar-refractivity contribution in [2.45, 2.75) is 19.9 Å². The van der Waals surface area contributed by atoms with Gasteiger partial charge in [-0.3, -0.25) is 14.2 Å². The molecule has 0 saturated carbocycles. The van der Waals surface area contributed by atoms with Crippen LogP contribution in [0.15, 0.2) is 35.1 Å². The lowest BCUT2D eigenvalue weighted by atomic mass is 10.1. The second kappa shape index (κ2) is 7.93. The van der Waals surface area contributed by atoms with Gasteiger partial charge < -0.3 is 19.5 Å². The molecular formula is C20H22N2O5S. The predicted molar refractivity (Wildman–Crippen MR) is 111 cm³/mol. The fraction of sp³-hybridized carbons (Fsp3) is 0.300. The van der Waals surface area contributed by atoms with Gasteiger partial charge in [-0.15, -0.1) is 0 Å². The number of amides is 1. The predicted octanol–water partition coefficient (Wildman–Crippen LogP) is 3.92. The summed E-state index contributed by atoms with van der Waals surface area (Å²) in [4.78, 5) is 24.9. The van der Waals surface area contributed by atoms with Gasteiger partial charge in [-0.25, -0.2) is 0 Å². The molecule has 0 aliphatic heterocycles. The van der Waals surface area contributed by atoms with Crippen LogP contribution in [0.4, 0.5) is 5.69 Å². The van der Waals surface area contributed by atoms with Crippen molar-refractivity contribution in [1.29, 1.82) is 0 Å². The van der Waals surface area contributed by atoms with Gasteiger partial charge in [0.05, 0.1) is 31.5 Å². The van der Waals surface area contributed by atoms with Gasteiger partial charge in [0.25, 0.3) is 5.91 Å². The summed E-state index contributed by atoms with van der Waals surface area (Å²) in [7, 11) is 4.49. The first-order valence-electron chi connectivity index (χ1n) is 8.66. The van der Waals surface area contributed by atoms with E-state index in [0.717, 1.165) is 21.6 Å². The Balaban J connectivity index is 1.94. The molecule has 0 unspecified atom stereocenters.